The third-order valence-electron chi connectivity index (χ3n) is 0.644. The van der Waals surface area contributed by atoms with Gasteiger partial charge in [0.25, 0.3) is 10.1 Å². The molecule has 1 unspecified atom stereocenters. The van der Waals surface area contributed by atoms with Crippen LogP contribution >= 0.6 is 0 Å². The van der Waals surface area contributed by atoms with Crippen LogP contribution < -0.4 is 0 Å². The summed E-state index contributed by atoms with van der Waals surface area (Å²) in [5.41, 5.74) is 0. The second kappa shape index (κ2) is 4.78. The molecule has 6 nitrogen and oxygen atoms in total. The smallest absolute Gasteiger partial charge is 0.282 e. The molecular formula is C3H8O6S2. The average Bonchev–Trinajstić information content (AvgIpc) is 1.84. The van der Waals surface area contributed by atoms with Crippen LogP contribution in [0.15, 0.2) is 0 Å². The third kappa shape index (κ3) is 6.38. The first-order valence-electron chi connectivity index (χ1n) is 2.68. The fraction of sp³-hybridized carbons (Fsp3) is 1.00. The van der Waals surface area contributed by atoms with E-state index in [0.29, 0.717) is 6.42 Å². The van der Waals surface area contributed by atoms with Crippen LogP contribution in [0.4, 0.5) is 0 Å². The molecule has 0 aliphatic rings. The van der Waals surface area contributed by atoms with Crippen LogP contribution in [0.2, 0.25) is 0 Å². The Kier molecular flexibility index (Phi) is 4.77. The SMILES string of the molecule is CCCS(=O)(=O)OOS(=O)O. The third-order valence-corrected chi connectivity index (χ3v) is 2.10. The summed E-state index contributed by atoms with van der Waals surface area (Å²) in [7, 11) is -3.80. The normalized spacial score (nSPS) is 14.7. The summed E-state index contributed by atoms with van der Waals surface area (Å²) >= 11 is -2.72. The molecule has 11 heavy (non-hydrogen) atoms. The van der Waals surface area contributed by atoms with Gasteiger partial charge in [-0.1, -0.05) is 15.6 Å². The molecular weight excluding hydrogens is 196 g/mol. The van der Waals surface area contributed by atoms with Gasteiger partial charge in [0.15, 0.2) is 0 Å². The van der Waals surface area contributed by atoms with Crippen molar-refractivity contribution >= 4 is 21.5 Å². The topological polar surface area (TPSA) is 89.9 Å². The van der Waals surface area contributed by atoms with Crippen molar-refractivity contribution in [2.45, 2.75) is 13.3 Å². The van der Waals surface area contributed by atoms with Crippen LogP contribution in [0.25, 0.3) is 0 Å². The molecule has 0 aromatic heterocycles. The molecule has 0 spiro atoms. The van der Waals surface area contributed by atoms with Crippen molar-refractivity contribution < 1.29 is 25.8 Å². The molecule has 0 fully saturated rings. The highest BCUT2D eigenvalue weighted by Gasteiger charge is 2.12. The van der Waals surface area contributed by atoms with Gasteiger partial charge in [-0.15, -0.1) is 0 Å². The molecule has 0 radical (unpaired) electrons. The van der Waals surface area contributed by atoms with Crippen molar-refractivity contribution in [3.05, 3.63) is 0 Å². The maximum atomic E-state index is 10.5. The molecule has 0 bridgehead atoms. The molecule has 0 amide bonds. The molecule has 0 rings (SSSR count). The van der Waals surface area contributed by atoms with Gasteiger partial charge < -0.3 is 0 Å². The molecule has 0 aromatic rings. The Balaban J connectivity index is 3.84. The first-order valence-corrected chi connectivity index (χ1v) is 5.29. The van der Waals surface area contributed by atoms with Crippen molar-refractivity contribution in [2.75, 3.05) is 5.75 Å². The van der Waals surface area contributed by atoms with Crippen LogP contribution in [-0.4, -0.2) is 22.9 Å². The second-order valence-corrected chi connectivity index (χ2v) is 3.84. The summed E-state index contributed by atoms with van der Waals surface area (Å²) in [6.45, 7) is 1.62. The Bertz CT molecular complexity index is 218. The molecule has 1 N–H and O–H groups in total. The van der Waals surface area contributed by atoms with Crippen molar-refractivity contribution in [1.82, 2.24) is 0 Å². The van der Waals surface area contributed by atoms with Crippen LogP contribution in [0.5, 0.6) is 0 Å². The number of hydrogen-bond acceptors (Lipinski definition) is 5. The average molecular weight is 204 g/mol. The van der Waals surface area contributed by atoms with Crippen molar-refractivity contribution in [3.8, 4) is 0 Å². The predicted octanol–water partition coefficient (Wildman–Crippen LogP) is -0.189. The van der Waals surface area contributed by atoms with E-state index in [2.05, 4.69) is 8.67 Å². The van der Waals surface area contributed by atoms with Gasteiger partial charge in [0.1, 0.15) is 0 Å². The maximum absolute atomic E-state index is 10.5. The lowest BCUT2D eigenvalue weighted by Gasteiger charge is -1.97. The quantitative estimate of drug-likeness (QED) is 0.379. The van der Waals surface area contributed by atoms with E-state index in [1.54, 1.807) is 6.92 Å². The van der Waals surface area contributed by atoms with E-state index in [9.17, 15) is 12.6 Å². The Morgan fingerprint density at radius 3 is 2.45 bits per heavy atom. The van der Waals surface area contributed by atoms with Gasteiger partial charge in [-0.05, 0) is 6.42 Å². The molecule has 0 heterocycles. The lowest BCUT2D eigenvalue weighted by molar-refractivity contribution is -0.0863. The molecule has 0 saturated heterocycles. The molecule has 0 saturated carbocycles. The van der Waals surface area contributed by atoms with E-state index >= 15 is 0 Å². The zero-order valence-electron chi connectivity index (χ0n) is 5.72. The van der Waals surface area contributed by atoms with Crippen molar-refractivity contribution in [3.63, 3.8) is 0 Å². The minimum absolute atomic E-state index is 0.246. The van der Waals surface area contributed by atoms with Crippen LogP contribution in [0, 0.1) is 0 Å². The van der Waals surface area contributed by atoms with Gasteiger partial charge in [-0.25, -0.2) is 0 Å². The van der Waals surface area contributed by atoms with Crippen molar-refractivity contribution in [1.29, 1.82) is 0 Å². The minimum atomic E-state index is -3.80. The Labute approximate surface area is 67.0 Å². The molecule has 0 aliphatic heterocycles. The number of rotatable bonds is 5. The van der Waals surface area contributed by atoms with E-state index in [0.717, 1.165) is 0 Å². The monoisotopic (exact) mass is 204 g/mol. The minimum Gasteiger partial charge on any atom is -0.282 e. The molecule has 1 atom stereocenters. The van der Waals surface area contributed by atoms with Crippen LogP contribution in [0.1, 0.15) is 13.3 Å². The van der Waals surface area contributed by atoms with E-state index in [4.69, 9.17) is 4.55 Å². The van der Waals surface area contributed by atoms with Gasteiger partial charge in [-0.3, -0.25) is 4.55 Å². The predicted molar refractivity (Wildman–Crippen MR) is 37.0 cm³/mol. The summed E-state index contributed by atoms with van der Waals surface area (Å²) in [5, 5.41) is 0. The summed E-state index contributed by atoms with van der Waals surface area (Å²) < 4.78 is 45.9. The Morgan fingerprint density at radius 1 is 1.55 bits per heavy atom. The van der Waals surface area contributed by atoms with E-state index in [1.165, 1.54) is 0 Å². The van der Waals surface area contributed by atoms with Gasteiger partial charge in [0.05, 0.1) is 5.75 Å². The van der Waals surface area contributed by atoms with Gasteiger partial charge in [-0.2, -0.15) is 12.6 Å². The first kappa shape index (κ1) is 11.0. The lowest BCUT2D eigenvalue weighted by Crippen LogP contribution is -2.11. The molecule has 68 valence electrons. The molecule has 0 aliphatic carbocycles. The summed E-state index contributed by atoms with van der Waals surface area (Å²) in [6.07, 6.45) is 0.351. The highest BCUT2D eigenvalue weighted by atomic mass is 32.2. The largest absolute Gasteiger partial charge is 0.332 e. The number of hydrogen-bond donors (Lipinski definition) is 1. The van der Waals surface area contributed by atoms with Crippen LogP contribution in [0.3, 0.4) is 0 Å². The molecule has 8 heteroatoms. The van der Waals surface area contributed by atoms with Gasteiger partial charge in [0, 0.05) is 0 Å². The highest BCUT2D eigenvalue weighted by molar-refractivity contribution is 7.86. The second-order valence-electron chi connectivity index (χ2n) is 1.61. The fourth-order valence-electron chi connectivity index (χ4n) is 0.350. The lowest BCUT2D eigenvalue weighted by atomic mass is 10.6. The van der Waals surface area contributed by atoms with Gasteiger partial charge >= 0.3 is 11.4 Å². The summed E-state index contributed by atoms with van der Waals surface area (Å²) in [5.74, 6) is -0.246. The fourth-order valence-corrected chi connectivity index (χ4v) is 1.45. The summed E-state index contributed by atoms with van der Waals surface area (Å²) in [6, 6.07) is 0. The Morgan fingerprint density at radius 2 is 2.09 bits per heavy atom. The van der Waals surface area contributed by atoms with E-state index in [-0.39, 0.29) is 5.75 Å². The maximum Gasteiger partial charge on any atom is 0.332 e. The van der Waals surface area contributed by atoms with Crippen LogP contribution in [-0.2, 0) is 30.1 Å². The van der Waals surface area contributed by atoms with Crippen molar-refractivity contribution in [2.24, 2.45) is 0 Å². The van der Waals surface area contributed by atoms with Gasteiger partial charge in [0.2, 0.25) is 0 Å². The zero-order chi connectivity index (χ0) is 8.91. The zero-order valence-corrected chi connectivity index (χ0v) is 7.35. The van der Waals surface area contributed by atoms with E-state index in [1.807, 2.05) is 0 Å². The standard InChI is InChI=1S/C3H8O6S2/c1-2-3-11(6,7)9-8-10(4)5/h2-3H2,1H3,(H,4,5). The van der Waals surface area contributed by atoms with E-state index < -0.39 is 21.5 Å². The Hall–Kier alpha value is -0.0200. The summed E-state index contributed by atoms with van der Waals surface area (Å²) in [4.78, 5) is 0. The first-order chi connectivity index (χ1) is 4.98. The molecule has 0 aromatic carbocycles. The highest BCUT2D eigenvalue weighted by Crippen LogP contribution is 1.97.